The summed E-state index contributed by atoms with van der Waals surface area (Å²) in [6.45, 7) is 6.47. The Hall–Kier alpha value is -0.780. The largest absolute Gasteiger partial charge is 0.0844 e. The van der Waals surface area contributed by atoms with Gasteiger partial charge in [0, 0.05) is 0 Å². The summed E-state index contributed by atoms with van der Waals surface area (Å²) in [7, 11) is 0. The lowest BCUT2D eigenvalue weighted by molar-refractivity contribution is 0.911. The molecule has 0 aromatic rings. The molecule has 0 heterocycles. The molecule has 0 aromatic heterocycles. The van der Waals surface area contributed by atoms with Crippen molar-refractivity contribution in [3.05, 3.63) is 34.9 Å². The molecule has 0 fully saturated rings. The SMILES string of the molecule is C/C=C(\C)C1=CC=C(C)CC1. The van der Waals surface area contributed by atoms with Gasteiger partial charge < -0.3 is 0 Å². The maximum atomic E-state index is 2.24. The molecule has 60 valence electrons. The summed E-state index contributed by atoms with van der Waals surface area (Å²) in [5.74, 6) is 0. The Labute approximate surface area is 69.3 Å². The number of hydrogen-bond donors (Lipinski definition) is 0. The van der Waals surface area contributed by atoms with Crippen LogP contribution in [-0.4, -0.2) is 0 Å². The summed E-state index contributed by atoms with van der Waals surface area (Å²) in [6.07, 6.45) is 9.11. The highest BCUT2D eigenvalue weighted by Gasteiger charge is 2.03. The van der Waals surface area contributed by atoms with Gasteiger partial charge in [-0.05, 0) is 39.2 Å². The van der Waals surface area contributed by atoms with Gasteiger partial charge >= 0.3 is 0 Å². The molecular weight excluding hydrogens is 132 g/mol. The van der Waals surface area contributed by atoms with Gasteiger partial charge in [0.05, 0.1) is 0 Å². The lowest BCUT2D eigenvalue weighted by Crippen LogP contribution is -1.91. The summed E-state index contributed by atoms with van der Waals surface area (Å²) < 4.78 is 0. The van der Waals surface area contributed by atoms with Crippen molar-refractivity contribution in [2.45, 2.75) is 33.6 Å². The van der Waals surface area contributed by atoms with Crippen LogP contribution >= 0.6 is 0 Å². The molecule has 11 heavy (non-hydrogen) atoms. The van der Waals surface area contributed by atoms with Crippen molar-refractivity contribution in [3.63, 3.8) is 0 Å². The Bertz CT molecular complexity index is 226. The van der Waals surface area contributed by atoms with E-state index in [1.165, 1.54) is 29.6 Å². The Morgan fingerprint density at radius 3 is 2.55 bits per heavy atom. The van der Waals surface area contributed by atoms with Crippen molar-refractivity contribution in [2.75, 3.05) is 0 Å². The normalized spacial score (nSPS) is 19.4. The van der Waals surface area contributed by atoms with Crippen molar-refractivity contribution in [1.29, 1.82) is 0 Å². The van der Waals surface area contributed by atoms with Gasteiger partial charge in [-0.1, -0.05) is 29.4 Å². The van der Waals surface area contributed by atoms with E-state index in [0.717, 1.165) is 0 Å². The van der Waals surface area contributed by atoms with Crippen LogP contribution < -0.4 is 0 Å². The predicted octanol–water partition coefficient (Wildman–Crippen LogP) is 3.62. The molecule has 1 aliphatic carbocycles. The summed E-state index contributed by atoms with van der Waals surface area (Å²) in [6, 6.07) is 0. The van der Waals surface area contributed by atoms with Crippen LogP contribution in [0.2, 0.25) is 0 Å². The van der Waals surface area contributed by atoms with Crippen LogP contribution in [0.1, 0.15) is 33.6 Å². The highest BCUT2D eigenvalue weighted by atomic mass is 14.1. The fraction of sp³-hybridized carbons (Fsp3) is 0.455. The molecule has 0 aliphatic heterocycles. The van der Waals surface area contributed by atoms with Crippen molar-refractivity contribution < 1.29 is 0 Å². The first-order valence-corrected chi connectivity index (χ1v) is 4.23. The molecule has 0 radical (unpaired) electrons. The fourth-order valence-corrected chi connectivity index (χ4v) is 1.26. The molecule has 0 bridgehead atoms. The van der Waals surface area contributed by atoms with Crippen LogP contribution in [0.15, 0.2) is 34.9 Å². The second-order valence-electron chi connectivity index (χ2n) is 3.18. The highest BCUT2D eigenvalue weighted by Crippen LogP contribution is 2.22. The summed E-state index contributed by atoms with van der Waals surface area (Å²) >= 11 is 0. The third-order valence-corrected chi connectivity index (χ3v) is 2.30. The van der Waals surface area contributed by atoms with Crippen molar-refractivity contribution in [1.82, 2.24) is 0 Å². The predicted molar refractivity (Wildman–Crippen MR) is 50.5 cm³/mol. The van der Waals surface area contributed by atoms with Gasteiger partial charge in [0.15, 0.2) is 0 Å². The molecule has 0 nitrogen and oxygen atoms in total. The Balaban J connectivity index is 2.76. The molecular formula is C11H16. The van der Waals surface area contributed by atoms with E-state index in [2.05, 4.69) is 39.0 Å². The standard InChI is InChI=1S/C11H16/c1-4-10(3)11-7-5-9(2)6-8-11/h4-5,7H,6,8H2,1-3H3/b10-4+. The van der Waals surface area contributed by atoms with Crippen molar-refractivity contribution >= 4 is 0 Å². The minimum Gasteiger partial charge on any atom is -0.0844 e. The fourth-order valence-electron chi connectivity index (χ4n) is 1.26. The van der Waals surface area contributed by atoms with Gasteiger partial charge in [-0.15, -0.1) is 0 Å². The minimum absolute atomic E-state index is 1.22. The van der Waals surface area contributed by atoms with E-state index in [-0.39, 0.29) is 0 Å². The zero-order valence-corrected chi connectivity index (χ0v) is 7.65. The van der Waals surface area contributed by atoms with Gasteiger partial charge in [0.1, 0.15) is 0 Å². The summed E-state index contributed by atoms with van der Waals surface area (Å²) in [4.78, 5) is 0. The molecule has 0 saturated heterocycles. The average Bonchev–Trinajstić information content (AvgIpc) is 2.05. The van der Waals surface area contributed by atoms with Gasteiger partial charge in [0.25, 0.3) is 0 Å². The third-order valence-electron chi connectivity index (χ3n) is 2.30. The van der Waals surface area contributed by atoms with Crippen LogP contribution in [0.25, 0.3) is 0 Å². The van der Waals surface area contributed by atoms with Crippen LogP contribution in [0.3, 0.4) is 0 Å². The maximum absolute atomic E-state index is 2.24. The lowest BCUT2D eigenvalue weighted by atomic mass is 9.95. The van der Waals surface area contributed by atoms with Crippen LogP contribution in [0.4, 0.5) is 0 Å². The van der Waals surface area contributed by atoms with Gasteiger partial charge in [-0.2, -0.15) is 0 Å². The molecule has 0 amide bonds. The number of allylic oxidation sites excluding steroid dienone is 6. The van der Waals surface area contributed by atoms with E-state index < -0.39 is 0 Å². The average molecular weight is 148 g/mol. The molecule has 1 rings (SSSR count). The van der Waals surface area contributed by atoms with E-state index in [9.17, 15) is 0 Å². The maximum Gasteiger partial charge on any atom is -0.0239 e. The third kappa shape index (κ3) is 2.07. The van der Waals surface area contributed by atoms with E-state index in [1.54, 1.807) is 0 Å². The van der Waals surface area contributed by atoms with Crippen LogP contribution in [0, 0.1) is 0 Å². The van der Waals surface area contributed by atoms with Crippen molar-refractivity contribution in [3.8, 4) is 0 Å². The smallest absolute Gasteiger partial charge is 0.0239 e. The Morgan fingerprint density at radius 2 is 2.09 bits per heavy atom. The topological polar surface area (TPSA) is 0 Å². The lowest BCUT2D eigenvalue weighted by Gasteiger charge is -2.11. The van der Waals surface area contributed by atoms with Gasteiger partial charge in [-0.3, -0.25) is 0 Å². The molecule has 0 heteroatoms. The zero-order chi connectivity index (χ0) is 8.27. The highest BCUT2D eigenvalue weighted by molar-refractivity contribution is 5.35. The molecule has 0 aromatic carbocycles. The Kier molecular flexibility index (Phi) is 2.70. The molecule has 1 aliphatic rings. The van der Waals surface area contributed by atoms with E-state index in [1.807, 2.05) is 0 Å². The first kappa shape index (κ1) is 8.32. The second kappa shape index (κ2) is 3.56. The monoisotopic (exact) mass is 148 g/mol. The number of hydrogen-bond acceptors (Lipinski definition) is 0. The van der Waals surface area contributed by atoms with Crippen LogP contribution in [0.5, 0.6) is 0 Å². The zero-order valence-electron chi connectivity index (χ0n) is 7.65. The Morgan fingerprint density at radius 1 is 1.36 bits per heavy atom. The molecule has 0 atom stereocenters. The quantitative estimate of drug-likeness (QED) is 0.532. The molecule has 0 spiro atoms. The van der Waals surface area contributed by atoms with Gasteiger partial charge in [0.2, 0.25) is 0 Å². The second-order valence-corrected chi connectivity index (χ2v) is 3.18. The summed E-state index contributed by atoms with van der Waals surface area (Å²) in [5, 5.41) is 0. The van der Waals surface area contributed by atoms with Crippen molar-refractivity contribution in [2.24, 2.45) is 0 Å². The van der Waals surface area contributed by atoms with E-state index in [4.69, 9.17) is 0 Å². The van der Waals surface area contributed by atoms with Gasteiger partial charge in [-0.25, -0.2) is 0 Å². The molecule has 0 saturated carbocycles. The molecule has 0 unspecified atom stereocenters. The first-order valence-electron chi connectivity index (χ1n) is 4.23. The number of rotatable bonds is 1. The molecule has 0 N–H and O–H groups in total. The summed E-state index contributed by atoms with van der Waals surface area (Å²) in [5.41, 5.74) is 4.42. The minimum atomic E-state index is 1.22. The first-order chi connectivity index (χ1) is 5.24. The van der Waals surface area contributed by atoms with E-state index in [0.29, 0.717) is 0 Å². The van der Waals surface area contributed by atoms with Crippen LogP contribution in [-0.2, 0) is 0 Å². The van der Waals surface area contributed by atoms with E-state index >= 15 is 0 Å².